The molecule has 3 atom stereocenters. The molecule has 1 aliphatic carbocycles. The fourth-order valence-electron chi connectivity index (χ4n) is 4.44. The molecule has 3 N–H and O–H groups in total. The van der Waals surface area contributed by atoms with Crippen molar-refractivity contribution in [3.63, 3.8) is 0 Å². The summed E-state index contributed by atoms with van der Waals surface area (Å²) in [4.78, 5) is 9.05. The van der Waals surface area contributed by atoms with Crippen LogP contribution in [0.25, 0.3) is 0 Å². The number of hydrogen-bond donors (Lipinski definition) is 3. The molecule has 0 aromatic carbocycles. The van der Waals surface area contributed by atoms with Crippen LogP contribution in [0.5, 0.6) is 0 Å². The summed E-state index contributed by atoms with van der Waals surface area (Å²) in [5.74, 6) is 1.75. The predicted molar refractivity (Wildman–Crippen MR) is 150 cm³/mol. The summed E-state index contributed by atoms with van der Waals surface area (Å²) < 4.78 is 0. The Hall–Kier alpha value is -2.28. The van der Waals surface area contributed by atoms with Gasteiger partial charge < -0.3 is 20.6 Å². The fraction of sp³-hybridized carbons (Fsp3) is 0.536. The highest BCUT2D eigenvalue weighted by molar-refractivity contribution is 6.25. The van der Waals surface area contributed by atoms with Crippen LogP contribution in [-0.4, -0.2) is 73.8 Å². The molecule has 0 spiro atoms. The number of aliphatic hydroxyl groups is 1. The predicted octanol–water partition coefficient (Wildman–Crippen LogP) is 4.40. The molecular formula is C28H44ClN5O. The van der Waals surface area contributed by atoms with E-state index < -0.39 is 6.23 Å². The third kappa shape index (κ3) is 9.36. The molecule has 1 saturated heterocycles. The average molecular weight is 502 g/mol. The van der Waals surface area contributed by atoms with E-state index in [9.17, 15) is 5.11 Å². The molecule has 3 unspecified atom stereocenters. The second-order valence-corrected chi connectivity index (χ2v) is 9.41. The topological polar surface area (TPSA) is 63.1 Å². The van der Waals surface area contributed by atoms with Crippen LogP contribution in [0.3, 0.4) is 0 Å². The number of allylic oxidation sites excluding steroid dienone is 7. The molecule has 1 aliphatic heterocycles. The van der Waals surface area contributed by atoms with Crippen LogP contribution in [0, 0.1) is 11.8 Å². The van der Waals surface area contributed by atoms with Gasteiger partial charge in [0.15, 0.2) is 0 Å². The van der Waals surface area contributed by atoms with Crippen molar-refractivity contribution in [2.24, 2.45) is 16.8 Å². The molecule has 35 heavy (non-hydrogen) atoms. The van der Waals surface area contributed by atoms with E-state index in [0.29, 0.717) is 11.8 Å². The number of amidine groups is 1. The second kappa shape index (κ2) is 15.7. The summed E-state index contributed by atoms with van der Waals surface area (Å²) in [6.45, 7) is 10.6. The molecule has 2 rings (SSSR count). The Kier molecular flexibility index (Phi) is 13.0. The second-order valence-electron chi connectivity index (χ2n) is 9.16. The molecule has 1 fully saturated rings. The average Bonchev–Trinajstić information content (AvgIpc) is 2.87. The van der Waals surface area contributed by atoms with Gasteiger partial charge in [-0.15, -0.1) is 0 Å². The van der Waals surface area contributed by atoms with Crippen LogP contribution in [0.1, 0.15) is 33.6 Å². The summed E-state index contributed by atoms with van der Waals surface area (Å²) in [5.41, 5.74) is 4.90. The highest BCUT2D eigenvalue weighted by Crippen LogP contribution is 2.26. The van der Waals surface area contributed by atoms with E-state index in [4.69, 9.17) is 11.6 Å². The van der Waals surface area contributed by atoms with Gasteiger partial charge in [0.05, 0.1) is 11.4 Å². The number of rotatable bonds is 11. The largest absolute Gasteiger partial charge is 0.387 e. The third-order valence-corrected chi connectivity index (χ3v) is 6.86. The molecule has 0 amide bonds. The molecule has 7 heteroatoms. The number of aliphatic hydroxyl groups excluding tert-OH is 1. The van der Waals surface area contributed by atoms with Crippen LogP contribution in [0.2, 0.25) is 0 Å². The van der Waals surface area contributed by atoms with Gasteiger partial charge in [-0.2, -0.15) is 0 Å². The van der Waals surface area contributed by atoms with E-state index in [0.717, 1.165) is 62.8 Å². The van der Waals surface area contributed by atoms with Gasteiger partial charge in [-0.05, 0) is 56.8 Å². The lowest BCUT2D eigenvalue weighted by Gasteiger charge is -2.39. The van der Waals surface area contributed by atoms with Gasteiger partial charge >= 0.3 is 0 Å². The molecule has 1 heterocycles. The Morgan fingerprint density at radius 2 is 2.03 bits per heavy atom. The SMILES string of the molecule is C\C=C(NC)/C(=C\C=C\Cl)NCC(C)/C=C\C(=NC)N1CCN(C(O)CC2CC=CC=C2C)CC1. The maximum Gasteiger partial charge on any atom is 0.122 e. The summed E-state index contributed by atoms with van der Waals surface area (Å²) in [7, 11) is 3.76. The molecule has 0 aromatic heterocycles. The zero-order valence-electron chi connectivity index (χ0n) is 22.0. The van der Waals surface area contributed by atoms with Crippen molar-refractivity contribution in [2.75, 3.05) is 46.8 Å². The monoisotopic (exact) mass is 501 g/mol. The summed E-state index contributed by atoms with van der Waals surface area (Å²) in [5, 5.41) is 17.5. The molecule has 6 nitrogen and oxygen atoms in total. The Bertz CT molecular complexity index is 863. The Labute approximate surface area is 217 Å². The van der Waals surface area contributed by atoms with Crippen LogP contribution >= 0.6 is 11.6 Å². The molecule has 0 radical (unpaired) electrons. The number of hydrogen-bond acceptors (Lipinski definition) is 5. The summed E-state index contributed by atoms with van der Waals surface area (Å²) in [6.07, 6.45) is 18.0. The van der Waals surface area contributed by atoms with Gasteiger partial charge in [0.25, 0.3) is 0 Å². The van der Waals surface area contributed by atoms with Gasteiger partial charge in [0.1, 0.15) is 12.1 Å². The molecule has 0 bridgehead atoms. The lowest BCUT2D eigenvalue weighted by molar-refractivity contribution is -0.0276. The smallest absolute Gasteiger partial charge is 0.122 e. The highest BCUT2D eigenvalue weighted by atomic mass is 35.5. The molecule has 0 saturated carbocycles. The van der Waals surface area contributed by atoms with Gasteiger partial charge in [0.2, 0.25) is 0 Å². The Balaban J connectivity index is 1.85. The lowest BCUT2D eigenvalue weighted by Crippen LogP contribution is -2.52. The first-order valence-electron chi connectivity index (χ1n) is 12.6. The van der Waals surface area contributed by atoms with Crippen molar-refractivity contribution in [3.05, 3.63) is 71.1 Å². The number of nitrogens with zero attached hydrogens (tertiary/aromatic N) is 3. The summed E-state index contributed by atoms with van der Waals surface area (Å²) >= 11 is 5.71. The van der Waals surface area contributed by atoms with Crippen LogP contribution in [0.4, 0.5) is 0 Å². The quantitative estimate of drug-likeness (QED) is 0.222. The minimum Gasteiger partial charge on any atom is -0.387 e. The number of piperazine rings is 1. The van der Waals surface area contributed by atoms with Gasteiger partial charge in [-0.1, -0.05) is 54.5 Å². The van der Waals surface area contributed by atoms with Crippen molar-refractivity contribution < 1.29 is 5.11 Å². The number of likely N-dealkylation sites (N-methyl/N-ethyl adjacent to an activating group) is 1. The van der Waals surface area contributed by atoms with Crippen LogP contribution in [0.15, 0.2) is 76.1 Å². The highest BCUT2D eigenvalue weighted by Gasteiger charge is 2.26. The molecule has 2 aliphatic rings. The number of nitrogens with one attached hydrogen (secondary N) is 2. The van der Waals surface area contributed by atoms with Gasteiger partial charge in [-0.3, -0.25) is 9.89 Å². The third-order valence-electron chi connectivity index (χ3n) is 6.72. The zero-order chi connectivity index (χ0) is 25.6. The van der Waals surface area contributed by atoms with Crippen molar-refractivity contribution >= 4 is 17.4 Å². The van der Waals surface area contributed by atoms with Crippen molar-refractivity contribution in [1.82, 2.24) is 20.4 Å². The maximum atomic E-state index is 10.8. The number of halogens is 1. The van der Waals surface area contributed by atoms with E-state index in [-0.39, 0.29) is 0 Å². The fourth-order valence-corrected chi connectivity index (χ4v) is 4.51. The Morgan fingerprint density at radius 3 is 2.63 bits per heavy atom. The van der Waals surface area contributed by atoms with E-state index in [1.54, 1.807) is 0 Å². The first kappa shape index (κ1) is 29.0. The van der Waals surface area contributed by atoms with Crippen LogP contribution in [-0.2, 0) is 0 Å². The van der Waals surface area contributed by atoms with Gasteiger partial charge in [-0.25, -0.2) is 0 Å². The zero-order valence-corrected chi connectivity index (χ0v) is 22.8. The first-order chi connectivity index (χ1) is 16.9. The van der Waals surface area contributed by atoms with E-state index >= 15 is 0 Å². The van der Waals surface area contributed by atoms with E-state index in [1.807, 2.05) is 39.2 Å². The minimum atomic E-state index is -0.392. The standard InChI is InChI=1S/C28H44ClN5O/c1-6-25(30-4)26(12-9-15-29)32-21-22(2)13-14-27(31-5)33-16-18-34(19-17-33)28(35)20-24-11-8-7-10-23(24)3/h6-10,12-15,22,24,28,30,32,35H,11,16-21H2,1-5H3/b14-13-,15-9+,25-6+,26-12+,31-27?. The Morgan fingerprint density at radius 1 is 1.29 bits per heavy atom. The number of aliphatic imine (C=N–C) groups is 1. The molecular weight excluding hydrogens is 458 g/mol. The van der Waals surface area contributed by atoms with Crippen molar-refractivity contribution in [2.45, 2.75) is 39.8 Å². The van der Waals surface area contributed by atoms with Crippen molar-refractivity contribution in [3.8, 4) is 0 Å². The van der Waals surface area contributed by atoms with Crippen LogP contribution < -0.4 is 10.6 Å². The summed E-state index contributed by atoms with van der Waals surface area (Å²) in [6, 6.07) is 0. The van der Waals surface area contributed by atoms with Crippen molar-refractivity contribution in [1.29, 1.82) is 0 Å². The van der Waals surface area contributed by atoms with E-state index in [2.05, 4.69) is 69.7 Å². The lowest BCUT2D eigenvalue weighted by atomic mass is 9.89. The molecule has 0 aromatic rings. The maximum absolute atomic E-state index is 10.8. The van der Waals surface area contributed by atoms with E-state index in [1.165, 1.54) is 11.1 Å². The minimum absolute atomic E-state index is 0.314. The normalized spacial score (nSPS) is 22.6. The first-order valence-corrected chi connectivity index (χ1v) is 13.1. The molecule has 194 valence electrons. The van der Waals surface area contributed by atoms with Gasteiger partial charge in [0, 0.05) is 52.4 Å².